The van der Waals surface area contributed by atoms with Crippen LogP contribution in [0.1, 0.15) is 30.5 Å². The van der Waals surface area contributed by atoms with Crippen LogP contribution in [0.25, 0.3) is 0 Å². The van der Waals surface area contributed by atoms with Crippen molar-refractivity contribution in [3.05, 3.63) is 34.9 Å². The second kappa shape index (κ2) is 4.41. The van der Waals surface area contributed by atoms with Crippen molar-refractivity contribution in [2.24, 2.45) is 5.92 Å². The molecule has 0 N–H and O–H groups in total. The first-order valence-electron chi connectivity index (χ1n) is 5.07. The minimum atomic E-state index is 0.136. The molecule has 1 nitrogen and oxygen atoms in total. The van der Waals surface area contributed by atoms with Crippen LogP contribution < -0.4 is 0 Å². The van der Waals surface area contributed by atoms with Crippen LogP contribution in [0, 0.1) is 19.8 Å². The van der Waals surface area contributed by atoms with Gasteiger partial charge in [0, 0.05) is 5.92 Å². The van der Waals surface area contributed by atoms with Crippen molar-refractivity contribution in [3.8, 4) is 0 Å². The van der Waals surface area contributed by atoms with Gasteiger partial charge in [0.2, 0.25) is 0 Å². The van der Waals surface area contributed by atoms with E-state index in [0.29, 0.717) is 0 Å². The predicted octanol–water partition coefficient (Wildman–Crippen LogP) is 3.07. The van der Waals surface area contributed by atoms with Crippen molar-refractivity contribution in [1.29, 1.82) is 0 Å². The smallest absolute Gasteiger partial charge is 0.132 e. The van der Waals surface area contributed by atoms with Crippen molar-refractivity contribution in [2.45, 2.75) is 34.1 Å². The van der Waals surface area contributed by atoms with Crippen LogP contribution in [0.4, 0.5) is 0 Å². The van der Waals surface area contributed by atoms with Gasteiger partial charge in [-0.1, -0.05) is 30.7 Å². The maximum Gasteiger partial charge on any atom is 0.132 e. The first-order valence-corrected chi connectivity index (χ1v) is 5.07. The van der Waals surface area contributed by atoms with Gasteiger partial charge in [0.25, 0.3) is 0 Å². The second-order valence-corrected chi connectivity index (χ2v) is 4.15. The fraction of sp³-hybridized carbons (Fsp3) is 0.462. The van der Waals surface area contributed by atoms with E-state index in [-0.39, 0.29) is 11.7 Å². The Morgan fingerprint density at radius 1 is 1.36 bits per heavy atom. The van der Waals surface area contributed by atoms with Crippen LogP contribution in [0.5, 0.6) is 0 Å². The highest BCUT2D eigenvalue weighted by Gasteiger charge is 2.09. The molecule has 1 atom stereocenters. The zero-order valence-corrected chi connectivity index (χ0v) is 9.42. The molecule has 0 heterocycles. The van der Waals surface area contributed by atoms with E-state index in [1.54, 1.807) is 6.92 Å². The minimum Gasteiger partial charge on any atom is -0.300 e. The van der Waals surface area contributed by atoms with Crippen LogP contribution in [-0.2, 0) is 11.2 Å². The van der Waals surface area contributed by atoms with Crippen molar-refractivity contribution in [2.75, 3.05) is 0 Å². The molecular formula is C13H18O. The fourth-order valence-corrected chi connectivity index (χ4v) is 1.55. The number of rotatable bonds is 3. The minimum absolute atomic E-state index is 0.136. The van der Waals surface area contributed by atoms with E-state index >= 15 is 0 Å². The van der Waals surface area contributed by atoms with E-state index in [0.717, 1.165) is 6.42 Å². The SMILES string of the molecule is CC(=O)[C@@H](C)Cc1ccc(C)cc1C. The van der Waals surface area contributed by atoms with Gasteiger partial charge >= 0.3 is 0 Å². The Hall–Kier alpha value is -1.11. The van der Waals surface area contributed by atoms with Gasteiger partial charge in [0.1, 0.15) is 5.78 Å². The molecule has 0 aliphatic rings. The Kier molecular flexibility index (Phi) is 3.45. The van der Waals surface area contributed by atoms with Gasteiger partial charge in [-0.2, -0.15) is 0 Å². The summed E-state index contributed by atoms with van der Waals surface area (Å²) in [6.45, 7) is 7.84. The van der Waals surface area contributed by atoms with Gasteiger partial charge in [-0.15, -0.1) is 0 Å². The van der Waals surface area contributed by atoms with E-state index in [4.69, 9.17) is 0 Å². The summed E-state index contributed by atoms with van der Waals surface area (Å²) in [4.78, 5) is 11.1. The lowest BCUT2D eigenvalue weighted by atomic mass is 9.94. The van der Waals surface area contributed by atoms with Gasteiger partial charge in [0.15, 0.2) is 0 Å². The number of benzene rings is 1. The van der Waals surface area contributed by atoms with Crippen molar-refractivity contribution in [3.63, 3.8) is 0 Å². The second-order valence-electron chi connectivity index (χ2n) is 4.15. The van der Waals surface area contributed by atoms with Gasteiger partial charge in [-0.05, 0) is 38.3 Å². The van der Waals surface area contributed by atoms with Crippen LogP contribution in [-0.4, -0.2) is 5.78 Å². The van der Waals surface area contributed by atoms with E-state index in [1.165, 1.54) is 16.7 Å². The number of aryl methyl sites for hydroxylation is 2. The Balaban J connectivity index is 2.82. The monoisotopic (exact) mass is 190 g/mol. The molecule has 76 valence electrons. The molecule has 0 spiro atoms. The maximum atomic E-state index is 11.1. The van der Waals surface area contributed by atoms with Crippen molar-refractivity contribution < 1.29 is 4.79 Å². The number of hydrogen-bond acceptors (Lipinski definition) is 1. The molecule has 1 rings (SSSR count). The zero-order chi connectivity index (χ0) is 10.7. The number of carbonyl (C=O) groups is 1. The summed E-state index contributed by atoms with van der Waals surface area (Å²) in [5.41, 5.74) is 3.86. The number of ketones is 1. The van der Waals surface area contributed by atoms with Crippen LogP contribution in [0.15, 0.2) is 18.2 Å². The number of hydrogen-bond donors (Lipinski definition) is 0. The van der Waals surface area contributed by atoms with Gasteiger partial charge in [0.05, 0.1) is 0 Å². The molecule has 1 aromatic rings. The molecular weight excluding hydrogens is 172 g/mol. The highest BCUT2D eigenvalue weighted by Crippen LogP contribution is 2.15. The maximum absolute atomic E-state index is 11.1. The molecule has 0 amide bonds. The average Bonchev–Trinajstić information content (AvgIpc) is 2.09. The summed E-state index contributed by atoms with van der Waals surface area (Å²) in [6, 6.07) is 6.40. The third-order valence-corrected chi connectivity index (χ3v) is 2.72. The largest absolute Gasteiger partial charge is 0.300 e. The fourth-order valence-electron chi connectivity index (χ4n) is 1.55. The third-order valence-electron chi connectivity index (χ3n) is 2.72. The average molecular weight is 190 g/mol. The summed E-state index contributed by atoms with van der Waals surface area (Å²) in [6.07, 6.45) is 0.863. The summed E-state index contributed by atoms with van der Waals surface area (Å²) < 4.78 is 0. The lowest BCUT2D eigenvalue weighted by Gasteiger charge is -2.10. The Morgan fingerprint density at radius 2 is 2.00 bits per heavy atom. The molecule has 0 fully saturated rings. The molecule has 0 aliphatic heterocycles. The number of carbonyl (C=O) groups excluding carboxylic acids is 1. The van der Waals surface area contributed by atoms with Gasteiger partial charge in [-0.25, -0.2) is 0 Å². The molecule has 0 saturated heterocycles. The number of Topliss-reactive ketones (excluding diaryl/α,β-unsaturated/α-hetero) is 1. The third kappa shape index (κ3) is 2.69. The van der Waals surface area contributed by atoms with E-state index in [9.17, 15) is 4.79 Å². The van der Waals surface area contributed by atoms with E-state index < -0.39 is 0 Å². The molecule has 1 heteroatoms. The molecule has 0 aromatic heterocycles. The predicted molar refractivity (Wildman–Crippen MR) is 59.5 cm³/mol. The highest BCUT2D eigenvalue weighted by molar-refractivity contribution is 5.78. The Labute approximate surface area is 86.1 Å². The molecule has 0 bridgehead atoms. The Morgan fingerprint density at radius 3 is 2.50 bits per heavy atom. The lowest BCUT2D eigenvalue weighted by Crippen LogP contribution is -2.10. The molecule has 0 unspecified atom stereocenters. The van der Waals surface area contributed by atoms with E-state index in [1.807, 2.05) is 6.92 Å². The summed E-state index contributed by atoms with van der Waals surface area (Å²) in [5, 5.41) is 0. The lowest BCUT2D eigenvalue weighted by molar-refractivity contribution is -0.120. The van der Waals surface area contributed by atoms with Gasteiger partial charge in [-0.3, -0.25) is 4.79 Å². The van der Waals surface area contributed by atoms with Crippen molar-refractivity contribution >= 4 is 5.78 Å². The molecule has 1 aromatic carbocycles. The summed E-state index contributed by atoms with van der Waals surface area (Å²) in [7, 11) is 0. The van der Waals surface area contributed by atoms with Gasteiger partial charge < -0.3 is 0 Å². The highest BCUT2D eigenvalue weighted by atomic mass is 16.1. The molecule has 0 aliphatic carbocycles. The topological polar surface area (TPSA) is 17.1 Å². The quantitative estimate of drug-likeness (QED) is 0.716. The molecule has 0 radical (unpaired) electrons. The van der Waals surface area contributed by atoms with Crippen LogP contribution in [0.2, 0.25) is 0 Å². The Bertz CT molecular complexity index is 339. The standard InChI is InChI=1S/C13H18O/c1-9-5-6-13(11(3)7-9)8-10(2)12(4)14/h5-7,10H,8H2,1-4H3/t10-/m0/s1. The van der Waals surface area contributed by atoms with Crippen LogP contribution in [0.3, 0.4) is 0 Å². The zero-order valence-electron chi connectivity index (χ0n) is 9.42. The van der Waals surface area contributed by atoms with E-state index in [2.05, 4.69) is 32.0 Å². The first kappa shape index (κ1) is 11.0. The normalized spacial score (nSPS) is 12.6. The summed E-state index contributed by atoms with van der Waals surface area (Å²) in [5.74, 6) is 0.404. The first-order chi connectivity index (χ1) is 6.50. The van der Waals surface area contributed by atoms with Crippen molar-refractivity contribution in [1.82, 2.24) is 0 Å². The van der Waals surface area contributed by atoms with Crippen LogP contribution >= 0.6 is 0 Å². The molecule has 14 heavy (non-hydrogen) atoms. The molecule has 0 saturated carbocycles. The summed E-state index contributed by atoms with van der Waals surface area (Å²) >= 11 is 0.